The summed E-state index contributed by atoms with van der Waals surface area (Å²) in [6.07, 6.45) is 6.05. The van der Waals surface area contributed by atoms with Gasteiger partial charge >= 0.3 is 0 Å². The fourth-order valence-corrected chi connectivity index (χ4v) is 4.98. The van der Waals surface area contributed by atoms with Crippen LogP contribution >= 0.6 is 0 Å². The zero-order chi connectivity index (χ0) is 19.1. The predicted molar refractivity (Wildman–Crippen MR) is 116 cm³/mol. The van der Waals surface area contributed by atoms with Crippen molar-refractivity contribution in [3.05, 3.63) is 89.5 Å². The predicted octanol–water partition coefficient (Wildman–Crippen LogP) is 6.47. The Morgan fingerprint density at radius 2 is 1.71 bits per heavy atom. The minimum Gasteiger partial charge on any atom is -0.475 e. The number of ether oxygens (including phenoxy) is 1. The van der Waals surface area contributed by atoms with Crippen molar-refractivity contribution in [1.29, 1.82) is 0 Å². The molecule has 0 bridgehead atoms. The molecule has 3 aromatic rings. The van der Waals surface area contributed by atoms with E-state index in [-0.39, 0.29) is 12.3 Å². The second-order valence-corrected chi connectivity index (χ2v) is 8.27. The second kappa shape index (κ2) is 7.10. The number of rotatable bonds is 2. The molecule has 0 N–H and O–H groups in total. The van der Waals surface area contributed by atoms with Crippen molar-refractivity contribution < 1.29 is 4.74 Å². The molecule has 0 unspecified atom stereocenters. The first kappa shape index (κ1) is 17.5. The molecule has 5 rings (SSSR count). The number of hydrogen-bond acceptors (Lipinski definition) is 2. The maximum absolute atomic E-state index is 6.60. The van der Waals surface area contributed by atoms with Gasteiger partial charge < -0.3 is 4.74 Å². The summed E-state index contributed by atoms with van der Waals surface area (Å²) in [4.78, 5) is 2.63. The van der Waals surface area contributed by atoms with E-state index in [1.54, 1.807) is 0 Å². The van der Waals surface area contributed by atoms with Gasteiger partial charge in [0.1, 0.15) is 5.75 Å². The van der Waals surface area contributed by atoms with Crippen LogP contribution in [0.2, 0.25) is 0 Å². The van der Waals surface area contributed by atoms with Gasteiger partial charge in [-0.2, -0.15) is 0 Å². The molecule has 2 heteroatoms. The van der Waals surface area contributed by atoms with Gasteiger partial charge in [-0.15, -0.1) is 0 Å². The lowest BCUT2D eigenvalue weighted by Crippen LogP contribution is -2.53. The van der Waals surface area contributed by atoms with Gasteiger partial charge in [0.15, 0.2) is 6.23 Å². The highest BCUT2D eigenvalue weighted by Gasteiger charge is 2.42. The van der Waals surface area contributed by atoms with Crippen molar-refractivity contribution in [2.45, 2.75) is 51.4 Å². The number of allylic oxidation sites excluding steroid dienone is 1. The molecule has 0 aromatic heterocycles. The Morgan fingerprint density at radius 3 is 2.54 bits per heavy atom. The zero-order valence-corrected chi connectivity index (χ0v) is 16.6. The Hall–Kier alpha value is -2.58. The highest BCUT2D eigenvalue weighted by Crippen LogP contribution is 2.48. The number of nitrogens with zero attached hydrogens (tertiary/aromatic N) is 1. The van der Waals surface area contributed by atoms with Gasteiger partial charge in [-0.25, -0.2) is 0 Å². The average molecular weight is 370 g/mol. The molecule has 1 fully saturated rings. The molecule has 0 amide bonds. The number of hydrogen-bond donors (Lipinski definition) is 0. The Morgan fingerprint density at radius 1 is 0.929 bits per heavy atom. The van der Waals surface area contributed by atoms with Crippen LogP contribution < -0.4 is 4.74 Å². The molecule has 2 aliphatic rings. The van der Waals surface area contributed by atoms with E-state index in [9.17, 15) is 0 Å². The van der Waals surface area contributed by atoms with Crippen LogP contribution in [0.15, 0.2) is 78.4 Å². The van der Waals surface area contributed by atoms with Crippen molar-refractivity contribution in [3.63, 3.8) is 0 Å². The molecule has 2 nitrogen and oxygen atoms in total. The Kier molecular flexibility index (Phi) is 4.44. The summed E-state index contributed by atoms with van der Waals surface area (Å²) in [6, 6.07) is 24.6. The van der Waals surface area contributed by atoms with Gasteiger partial charge in [0, 0.05) is 11.6 Å². The second-order valence-electron chi connectivity index (χ2n) is 8.27. The number of fused-ring (bicyclic) bond motifs is 4. The first-order chi connectivity index (χ1) is 13.7. The summed E-state index contributed by atoms with van der Waals surface area (Å²) < 4.78 is 6.60. The van der Waals surface area contributed by atoms with Gasteiger partial charge in [-0.1, -0.05) is 72.3 Å². The summed E-state index contributed by atoms with van der Waals surface area (Å²) >= 11 is 0. The quantitative estimate of drug-likeness (QED) is 0.480. The van der Waals surface area contributed by atoms with E-state index in [4.69, 9.17) is 4.74 Å². The van der Waals surface area contributed by atoms with Crippen LogP contribution in [-0.4, -0.2) is 17.2 Å². The lowest BCUT2D eigenvalue weighted by molar-refractivity contribution is -0.0620. The maximum Gasteiger partial charge on any atom is 0.153 e. The highest BCUT2D eigenvalue weighted by atomic mass is 16.5. The molecule has 3 atom stereocenters. The molecule has 28 heavy (non-hydrogen) atoms. The molecule has 2 aliphatic heterocycles. The summed E-state index contributed by atoms with van der Waals surface area (Å²) in [5, 5.41) is 2.58. The van der Waals surface area contributed by atoms with Crippen LogP contribution in [0.25, 0.3) is 10.8 Å². The maximum atomic E-state index is 6.60. The summed E-state index contributed by atoms with van der Waals surface area (Å²) in [5.41, 5.74) is 4.04. The van der Waals surface area contributed by atoms with Crippen LogP contribution in [0.4, 0.5) is 0 Å². The molecule has 0 aliphatic carbocycles. The van der Waals surface area contributed by atoms with Crippen LogP contribution in [0.1, 0.15) is 50.3 Å². The van der Waals surface area contributed by atoms with Crippen molar-refractivity contribution >= 4 is 10.8 Å². The van der Waals surface area contributed by atoms with Crippen LogP contribution in [0, 0.1) is 0 Å². The Bertz CT molecular complexity index is 1020. The molecule has 3 aromatic carbocycles. The first-order valence-electron chi connectivity index (χ1n) is 10.4. The largest absolute Gasteiger partial charge is 0.475 e. The van der Waals surface area contributed by atoms with Crippen LogP contribution in [-0.2, 0) is 0 Å². The van der Waals surface area contributed by atoms with Gasteiger partial charge in [-0.05, 0) is 55.5 Å². The van der Waals surface area contributed by atoms with E-state index < -0.39 is 0 Å². The van der Waals surface area contributed by atoms with Gasteiger partial charge in [-0.3, -0.25) is 4.90 Å². The Labute approximate surface area is 167 Å². The Balaban J connectivity index is 1.76. The van der Waals surface area contributed by atoms with Gasteiger partial charge in [0.05, 0.1) is 6.04 Å². The van der Waals surface area contributed by atoms with Gasteiger partial charge in [0.2, 0.25) is 0 Å². The summed E-state index contributed by atoms with van der Waals surface area (Å²) in [6.45, 7) is 4.41. The van der Waals surface area contributed by atoms with Crippen LogP contribution in [0.5, 0.6) is 5.75 Å². The summed E-state index contributed by atoms with van der Waals surface area (Å²) in [5.74, 6) is 1.05. The van der Waals surface area contributed by atoms with Gasteiger partial charge in [0.25, 0.3) is 0 Å². The fraction of sp³-hybridized carbons (Fsp3) is 0.308. The summed E-state index contributed by atoms with van der Waals surface area (Å²) in [7, 11) is 0. The highest BCUT2D eigenvalue weighted by molar-refractivity contribution is 5.89. The standard InChI is InChI=1S/C26H27NO/c1-18(2)17-21-12-8-14-24-27(21)26(20-10-4-3-5-11-20)25-22-13-7-6-9-19(22)15-16-23(25)28-24/h3-7,9-11,13,15-17,21,24,26H,8,12,14H2,1-2H3/t21-,24-,26+/m0/s1. The molecule has 0 saturated carbocycles. The smallest absolute Gasteiger partial charge is 0.153 e. The lowest BCUT2D eigenvalue weighted by Gasteiger charge is -2.49. The molecular weight excluding hydrogens is 342 g/mol. The van der Waals surface area contributed by atoms with E-state index in [1.807, 2.05) is 0 Å². The fourth-order valence-electron chi connectivity index (χ4n) is 4.98. The van der Waals surface area contributed by atoms with Crippen molar-refractivity contribution in [3.8, 4) is 5.75 Å². The SMILES string of the molecule is CC(C)=C[C@@H]1CCC[C@@H]2Oc3ccc4ccccc4c3[C@@H](c3ccccc3)N12. The van der Waals surface area contributed by atoms with E-state index in [0.29, 0.717) is 6.04 Å². The molecule has 0 spiro atoms. The third kappa shape index (κ3) is 2.93. The van der Waals surface area contributed by atoms with E-state index in [1.165, 1.54) is 40.3 Å². The van der Waals surface area contributed by atoms with Crippen molar-refractivity contribution in [1.82, 2.24) is 4.90 Å². The third-order valence-electron chi connectivity index (χ3n) is 6.07. The normalized spacial score (nSPS) is 24.1. The van der Waals surface area contributed by atoms with E-state index >= 15 is 0 Å². The van der Waals surface area contributed by atoms with Crippen molar-refractivity contribution in [2.75, 3.05) is 0 Å². The zero-order valence-electron chi connectivity index (χ0n) is 16.6. The topological polar surface area (TPSA) is 12.5 Å². The minimum absolute atomic E-state index is 0.133. The molecule has 2 heterocycles. The molecule has 0 radical (unpaired) electrons. The molecule has 142 valence electrons. The number of benzene rings is 3. The minimum atomic E-state index is 0.133. The van der Waals surface area contributed by atoms with E-state index in [2.05, 4.69) is 91.6 Å². The third-order valence-corrected chi connectivity index (χ3v) is 6.07. The first-order valence-corrected chi connectivity index (χ1v) is 10.4. The number of piperidine rings is 1. The molecule has 1 saturated heterocycles. The lowest BCUT2D eigenvalue weighted by atomic mass is 9.86. The molecular formula is C26H27NO. The van der Waals surface area contributed by atoms with E-state index in [0.717, 1.165) is 12.2 Å². The average Bonchev–Trinajstić information content (AvgIpc) is 2.72. The van der Waals surface area contributed by atoms with Crippen molar-refractivity contribution in [2.24, 2.45) is 0 Å². The van der Waals surface area contributed by atoms with Crippen LogP contribution in [0.3, 0.4) is 0 Å². The monoisotopic (exact) mass is 369 g/mol.